The van der Waals surface area contributed by atoms with Crippen LogP contribution < -0.4 is 4.90 Å². The van der Waals surface area contributed by atoms with E-state index in [1.807, 2.05) is 13.8 Å². The lowest BCUT2D eigenvalue weighted by Gasteiger charge is -2.22. The molecule has 0 unspecified atom stereocenters. The molecule has 1 amide bonds. The molecule has 0 fully saturated rings. The van der Waals surface area contributed by atoms with Gasteiger partial charge in [-0.25, -0.2) is 13.4 Å². The van der Waals surface area contributed by atoms with Gasteiger partial charge in [0, 0.05) is 31.0 Å². The number of benzene rings is 2. The highest BCUT2D eigenvalue weighted by Gasteiger charge is 2.34. The van der Waals surface area contributed by atoms with Crippen molar-refractivity contribution in [3.05, 3.63) is 83.7 Å². The minimum atomic E-state index is -4.60. The molecule has 0 bridgehead atoms. The highest BCUT2D eigenvalue weighted by atomic mass is 32.2. The molecule has 0 aliphatic carbocycles. The van der Waals surface area contributed by atoms with Crippen molar-refractivity contribution in [3.8, 4) is 0 Å². The van der Waals surface area contributed by atoms with Gasteiger partial charge in [-0.1, -0.05) is 31.3 Å². The second-order valence-electron chi connectivity index (χ2n) is 8.82. The number of thiazole rings is 1. The molecule has 206 valence electrons. The second-order valence-corrected chi connectivity index (χ2v) is 11.8. The SMILES string of the molecule is CCCN(CCC)S(=O)(=O)c1ccc(C(=O)N(Cc2ccncc2)c2nc3c(C(F)(F)F)cccc3s2)cc1. The maximum absolute atomic E-state index is 13.7. The first-order valence-electron chi connectivity index (χ1n) is 12.3. The van der Waals surface area contributed by atoms with Crippen LogP contribution >= 0.6 is 11.3 Å². The van der Waals surface area contributed by atoms with Crippen molar-refractivity contribution in [3.63, 3.8) is 0 Å². The van der Waals surface area contributed by atoms with E-state index < -0.39 is 27.7 Å². The number of carbonyl (C=O) groups is 1. The third-order valence-corrected chi connectivity index (χ3v) is 8.92. The molecule has 2 aromatic heterocycles. The number of amides is 1. The molecular formula is C27H27F3N4O3S2. The van der Waals surface area contributed by atoms with E-state index in [0.29, 0.717) is 36.2 Å². The van der Waals surface area contributed by atoms with E-state index in [-0.39, 0.29) is 27.7 Å². The number of carbonyl (C=O) groups excluding carboxylic acids is 1. The van der Waals surface area contributed by atoms with E-state index in [2.05, 4.69) is 9.97 Å². The highest BCUT2D eigenvalue weighted by molar-refractivity contribution is 7.89. The summed E-state index contributed by atoms with van der Waals surface area (Å²) in [5.41, 5.74) is -0.235. The molecule has 2 aromatic carbocycles. The Kier molecular flexibility index (Phi) is 8.67. The van der Waals surface area contributed by atoms with Crippen molar-refractivity contribution in [2.24, 2.45) is 0 Å². The monoisotopic (exact) mass is 576 g/mol. The van der Waals surface area contributed by atoms with Gasteiger partial charge in [0.2, 0.25) is 10.0 Å². The van der Waals surface area contributed by atoms with Crippen LogP contribution in [0, 0.1) is 0 Å². The number of hydrogen-bond acceptors (Lipinski definition) is 6. The van der Waals surface area contributed by atoms with Crippen LogP contribution in [-0.2, 0) is 22.7 Å². The lowest BCUT2D eigenvalue weighted by atomic mass is 10.2. The molecule has 7 nitrogen and oxygen atoms in total. The van der Waals surface area contributed by atoms with Crippen LogP contribution in [0.5, 0.6) is 0 Å². The Morgan fingerprint density at radius 2 is 1.59 bits per heavy atom. The Morgan fingerprint density at radius 1 is 0.949 bits per heavy atom. The van der Waals surface area contributed by atoms with Crippen LogP contribution in [0.15, 0.2) is 71.9 Å². The number of halogens is 3. The molecule has 0 saturated heterocycles. The van der Waals surface area contributed by atoms with Crippen molar-refractivity contribution < 1.29 is 26.4 Å². The van der Waals surface area contributed by atoms with E-state index in [4.69, 9.17) is 0 Å². The number of hydrogen-bond donors (Lipinski definition) is 0. The van der Waals surface area contributed by atoms with Crippen LogP contribution in [-0.4, -0.2) is 41.7 Å². The first-order valence-corrected chi connectivity index (χ1v) is 14.6. The fourth-order valence-corrected chi connectivity index (χ4v) is 6.72. The van der Waals surface area contributed by atoms with Crippen LogP contribution in [0.1, 0.15) is 48.2 Å². The van der Waals surface area contributed by atoms with E-state index in [9.17, 15) is 26.4 Å². The molecule has 0 N–H and O–H groups in total. The smallest absolute Gasteiger partial charge is 0.279 e. The summed E-state index contributed by atoms with van der Waals surface area (Å²) in [5.74, 6) is -0.526. The first kappa shape index (κ1) is 28.7. The van der Waals surface area contributed by atoms with E-state index >= 15 is 0 Å². The largest absolute Gasteiger partial charge is 0.418 e. The Labute approximate surface area is 229 Å². The number of rotatable bonds is 10. The number of fused-ring (bicyclic) bond motifs is 1. The summed E-state index contributed by atoms with van der Waals surface area (Å²) < 4.78 is 68.8. The predicted octanol–water partition coefficient (Wildman–Crippen LogP) is 6.37. The maximum atomic E-state index is 13.7. The van der Waals surface area contributed by atoms with Gasteiger partial charge in [-0.3, -0.25) is 14.7 Å². The molecule has 4 aromatic rings. The molecule has 2 heterocycles. The molecule has 12 heteroatoms. The van der Waals surface area contributed by atoms with Crippen LogP contribution in [0.3, 0.4) is 0 Å². The predicted molar refractivity (Wildman–Crippen MR) is 145 cm³/mol. The van der Waals surface area contributed by atoms with Gasteiger partial charge in [-0.05, 0) is 66.9 Å². The van der Waals surface area contributed by atoms with Crippen molar-refractivity contribution in [2.45, 2.75) is 44.3 Å². The number of pyridine rings is 1. The maximum Gasteiger partial charge on any atom is 0.418 e. The number of anilines is 1. The summed E-state index contributed by atoms with van der Waals surface area (Å²) in [5, 5.41) is 0.0947. The molecule has 0 saturated carbocycles. The first-order chi connectivity index (χ1) is 18.6. The Balaban J connectivity index is 1.72. The van der Waals surface area contributed by atoms with Crippen molar-refractivity contribution in [1.29, 1.82) is 0 Å². The van der Waals surface area contributed by atoms with Crippen LogP contribution in [0.4, 0.5) is 18.3 Å². The third-order valence-electron chi connectivity index (χ3n) is 5.96. The number of para-hydroxylation sites is 1. The van der Waals surface area contributed by atoms with Crippen molar-refractivity contribution in [1.82, 2.24) is 14.3 Å². The Morgan fingerprint density at radius 3 is 2.18 bits per heavy atom. The molecule has 0 atom stereocenters. The van der Waals surface area contributed by atoms with Gasteiger partial charge in [0.1, 0.15) is 0 Å². The molecule has 0 radical (unpaired) electrons. The molecule has 0 aliphatic heterocycles. The zero-order valence-corrected chi connectivity index (χ0v) is 23.0. The molecule has 0 spiro atoms. The lowest BCUT2D eigenvalue weighted by Crippen LogP contribution is -2.33. The Hall–Kier alpha value is -3.35. The van der Waals surface area contributed by atoms with Crippen molar-refractivity contribution >= 4 is 42.6 Å². The van der Waals surface area contributed by atoms with Gasteiger partial charge in [-0.2, -0.15) is 17.5 Å². The zero-order valence-electron chi connectivity index (χ0n) is 21.4. The van der Waals surface area contributed by atoms with E-state index in [0.717, 1.165) is 17.4 Å². The molecule has 4 rings (SSSR count). The van der Waals surface area contributed by atoms with Gasteiger partial charge >= 0.3 is 6.18 Å². The zero-order chi connectivity index (χ0) is 28.2. The minimum Gasteiger partial charge on any atom is -0.279 e. The van der Waals surface area contributed by atoms with Gasteiger partial charge in [0.15, 0.2) is 5.13 Å². The fraction of sp³-hybridized carbons (Fsp3) is 0.296. The third kappa shape index (κ3) is 6.29. The van der Waals surface area contributed by atoms with Crippen molar-refractivity contribution in [2.75, 3.05) is 18.0 Å². The summed E-state index contributed by atoms with van der Waals surface area (Å²) in [6.07, 6.45) is -0.169. The molecule has 0 aliphatic rings. The van der Waals surface area contributed by atoms with Gasteiger partial charge in [-0.15, -0.1) is 0 Å². The number of sulfonamides is 1. The number of alkyl halides is 3. The summed E-state index contributed by atoms with van der Waals surface area (Å²) in [4.78, 5) is 23.3. The highest BCUT2D eigenvalue weighted by Crippen LogP contribution is 2.39. The molecular weight excluding hydrogens is 549 g/mol. The standard InChI is InChI=1S/C27H27F3N4O3S2/c1-3-16-33(17-4-2)39(36,37)21-10-8-20(9-11-21)25(35)34(18-19-12-14-31-15-13-19)26-32-24-22(27(28,29)30)6-5-7-23(24)38-26/h5-15H,3-4,16-18H2,1-2H3. The summed E-state index contributed by atoms with van der Waals surface area (Å²) in [7, 11) is -3.74. The lowest BCUT2D eigenvalue weighted by molar-refractivity contribution is -0.136. The van der Waals surface area contributed by atoms with Gasteiger partial charge in [0.05, 0.1) is 27.2 Å². The number of aromatic nitrogens is 2. The quantitative estimate of drug-likeness (QED) is 0.219. The number of nitrogens with zero attached hydrogens (tertiary/aromatic N) is 4. The normalized spacial score (nSPS) is 12.3. The van der Waals surface area contributed by atoms with E-state index in [1.165, 1.54) is 45.6 Å². The van der Waals surface area contributed by atoms with Crippen LogP contribution in [0.2, 0.25) is 0 Å². The van der Waals surface area contributed by atoms with Gasteiger partial charge in [0.25, 0.3) is 5.91 Å². The second kappa shape index (κ2) is 11.8. The van der Waals surface area contributed by atoms with Crippen LogP contribution in [0.25, 0.3) is 10.2 Å². The van der Waals surface area contributed by atoms with Gasteiger partial charge < -0.3 is 0 Å². The molecule has 39 heavy (non-hydrogen) atoms. The summed E-state index contributed by atoms with van der Waals surface area (Å²) >= 11 is 0.976. The summed E-state index contributed by atoms with van der Waals surface area (Å²) in [6, 6.07) is 12.8. The average Bonchev–Trinajstić information content (AvgIpc) is 3.35. The summed E-state index contributed by atoms with van der Waals surface area (Å²) in [6.45, 7) is 4.60. The average molecular weight is 577 g/mol. The Bertz CT molecular complexity index is 1530. The minimum absolute atomic E-state index is 0.0311. The van der Waals surface area contributed by atoms with E-state index in [1.54, 1.807) is 24.5 Å². The topological polar surface area (TPSA) is 83.5 Å². The fourth-order valence-electron chi connectivity index (χ4n) is 4.10.